The van der Waals surface area contributed by atoms with Crippen LogP contribution in [0, 0.1) is 30.1 Å². The summed E-state index contributed by atoms with van der Waals surface area (Å²) in [5, 5.41) is 21.3. The lowest BCUT2D eigenvalue weighted by atomic mass is 9.82. The number of aliphatic carboxylic acids is 1. The lowest BCUT2D eigenvalue weighted by molar-refractivity contribution is -0.143. The standard InChI is InChI=1S/C15H19N3O2/c1-10-2-5-13(8-16)14(18-10)17-9-11-3-6-12(7-4-11)15(19)20/h2,5,11-12H,3-4,6-7,9H2,1H3,(H,17,18)(H,19,20). The highest BCUT2D eigenvalue weighted by atomic mass is 16.4. The molecule has 0 atom stereocenters. The first-order valence-electron chi connectivity index (χ1n) is 6.94. The first kappa shape index (κ1) is 14.3. The van der Waals surface area contributed by atoms with Crippen molar-refractivity contribution in [1.29, 1.82) is 5.26 Å². The Morgan fingerprint density at radius 1 is 1.45 bits per heavy atom. The van der Waals surface area contributed by atoms with E-state index in [2.05, 4.69) is 16.4 Å². The third-order valence-electron chi connectivity index (χ3n) is 3.91. The van der Waals surface area contributed by atoms with E-state index < -0.39 is 5.97 Å². The molecule has 0 aliphatic heterocycles. The Morgan fingerprint density at radius 3 is 2.75 bits per heavy atom. The highest BCUT2D eigenvalue weighted by Gasteiger charge is 2.25. The second-order valence-electron chi connectivity index (χ2n) is 5.40. The molecule has 0 saturated heterocycles. The van der Waals surface area contributed by atoms with Crippen LogP contribution in [0.1, 0.15) is 36.9 Å². The lowest BCUT2D eigenvalue weighted by Crippen LogP contribution is -2.25. The molecular formula is C15H19N3O2. The number of carboxylic acid groups (broad SMARTS) is 1. The highest BCUT2D eigenvalue weighted by molar-refractivity contribution is 5.70. The molecule has 1 aliphatic carbocycles. The average Bonchev–Trinajstić information content (AvgIpc) is 2.45. The highest BCUT2D eigenvalue weighted by Crippen LogP contribution is 2.29. The van der Waals surface area contributed by atoms with Gasteiger partial charge in [0.2, 0.25) is 0 Å². The van der Waals surface area contributed by atoms with Gasteiger partial charge in [0, 0.05) is 12.2 Å². The van der Waals surface area contributed by atoms with E-state index in [0.717, 1.165) is 37.9 Å². The van der Waals surface area contributed by atoms with E-state index in [0.29, 0.717) is 17.3 Å². The second-order valence-corrected chi connectivity index (χ2v) is 5.40. The Balaban J connectivity index is 1.89. The average molecular weight is 273 g/mol. The smallest absolute Gasteiger partial charge is 0.306 e. The maximum Gasteiger partial charge on any atom is 0.306 e. The summed E-state index contributed by atoms with van der Waals surface area (Å²) in [7, 11) is 0. The minimum atomic E-state index is -0.677. The largest absolute Gasteiger partial charge is 0.481 e. The van der Waals surface area contributed by atoms with Gasteiger partial charge in [-0.25, -0.2) is 4.98 Å². The molecular weight excluding hydrogens is 254 g/mol. The van der Waals surface area contributed by atoms with Crippen LogP contribution in [-0.4, -0.2) is 22.6 Å². The first-order chi connectivity index (χ1) is 9.60. The van der Waals surface area contributed by atoms with Gasteiger partial charge in [0.15, 0.2) is 0 Å². The van der Waals surface area contributed by atoms with Crippen LogP contribution in [0.25, 0.3) is 0 Å². The van der Waals surface area contributed by atoms with Gasteiger partial charge in [-0.1, -0.05) is 0 Å². The molecule has 1 heterocycles. The Labute approximate surface area is 118 Å². The zero-order chi connectivity index (χ0) is 14.5. The maximum atomic E-state index is 10.9. The molecule has 0 unspecified atom stereocenters. The van der Waals surface area contributed by atoms with E-state index in [1.807, 2.05) is 13.0 Å². The molecule has 0 amide bonds. The van der Waals surface area contributed by atoms with Crippen molar-refractivity contribution in [1.82, 2.24) is 4.98 Å². The Kier molecular flexibility index (Phi) is 4.57. The summed E-state index contributed by atoms with van der Waals surface area (Å²) in [5.74, 6) is 0.230. The van der Waals surface area contributed by atoms with E-state index in [1.54, 1.807) is 6.07 Å². The molecule has 2 N–H and O–H groups in total. The Bertz CT molecular complexity index is 528. The van der Waals surface area contributed by atoms with Gasteiger partial charge >= 0.3 is 5.97 Å². The number of carboxylic acids is 1. The molecule has 0 bridgehead atoms. The summed E-state index contributed by atoms with van der Waals surface area (Å²) in [6, 6.07) is 5.72. The molecule has 5 heteroatoms. The number of hydrogen-bond acceptors (Lipinski definition) is 4. The molecule has 1 saturated carbocycles. The van der Waals surface area contributed by atoms with Crippen molar-refractivity contribution in [3.8, 4) is 6.07 Å². The van der Waals surface area contributed by atoms with Gasteiger partial charge in [0.1, 0.15) is 11.9 Å². The predicted octanol–water partition coefficient (Wildman–Crippen LogP) is 2.56. The second kappa shape index (κ2) is 6.38. The SMILES string of the molecule is Cc1ccc(C#N)c(NCC2CCC(C(=O)O)CC2)n1. The van der Waals surface area contributed by atoms with E-state index in [9.17, 15) is 4.79 Å². The fraction of sp³-hybridized carbons (Fsp3) is 0.533. The van der Waals surface area contributed by atoms with E-state index in [1.165, 1.54) is 0 Å². The summed E-state index contributed by atoms with van der Waals surface area (Å²) >= 11 is 0. The van der Waals surface area contributed by atoms with E-state index >= 15 is 0 Å². The Hall–Kier alpha value is -2.09. The molecule has 0 radical (unpaired) electrons. The van der Waals surface area contributed by atoms with Gasteiger partial charge < -0.3 is 10.4 Å². The van der Waals surface area contributed by atoms with Crippen LogP contribution in [0.3, 0.4) is 0 Å². The van der Waals surface area contributed by atoms with Crippen LogP contribution in [-0.2, 0) is 4.79 Å². The van der Waals surface area contributed by atoms with Crippen molar-refractivity contribution in [3.05, 3.63) is 23.4 Å². The third-order valence-corrected chi connectivity index (χ3v) is 3.91. The molecule has 1 fully saturated rings. The number of carbonyl (C=O) groups is 1. The van der Waals surface area contributed by atoms with Crippen LogP contribution < -0.4 is 5.32 Å². The van der Waals surface area contributed by atoms with Gasteiger partial charge in [-0.05, 0) is 50.7 Å². The number of aromatic nitrogens is 1. The molecule has 0 spiro atoms. The van der Waals surface area contributed by atoms with Crippen molar-refractivity contribution >= 4 is 11.8 Å². The zero-order valence-electron chi connectivity index (χ0n) is 11.6. The molecule has 106 valence electrons. The lowest BCUT2D eigenvalue weighted by Gasteiger charge is -2.26. The number of pyridine rings is 1. The van der Waals surface area contributed by atoms with Crippen LogP contribution in [0.2, 0.25) is 0 Å². The molecule has 1 aromatic rings. The quantitative estimate of drug-likeness (QED) is 0.880. The zero-order valence-corrected chi connectivity index (χ0v) is 11.6. The van der Waals surface area contributed by atoms with Gasteiger partial charge in [-0.3, -0.25) is 4.79 Å². The van der Waals surface area contributed by atoms with Crippen LogP contribution >= 0.6 is 0 Å². The van der Waals surface area contributed by atoms with E-state index in [4.69, 9.17) is 10.4 Å². The Morgan fingerprint density at radius 2 is 2.15 bits per heavy atom. The van der Waals surface area contributed by atoms with Crippen LogP contribution in [0.4, 0.5) is 5.82 Å². The summed E-state index contributed by atoms with van der Waals surface area (Å²) in [6.07, 6.45) is 3.32. The molecule has 0 aromatic carbocycles. The number of nitriles is 1. The minimum Gasteiger partial charge on any atom is -0.481 e. The summed E-state index contributed by atoms with van der Waals surface area (Å²) in [6.45, 7) is 2.64. The number of nitrogens with one attached hydrogen (secondary N) is 1. The van der Waals surface area contributed by atoms with E-state index in [-0.39, 0.29) is 5.92 Å². The number of rotatable bonds is 4. The van der Waals surface area contributed by atoms with Gasteiger partial charge in [-0.2, -0.15) is 5.26 Å². The number of nitrogens with zero attached hydrogens (tertiary/aromatic N) is 2. The van der Waals surface area contributed by atoms with Crippen molar-refractivity contribution in [3.63, 3.8) is 0 Å². The third kappa shape index (κ3) is 3.47. The fourth-order valence-corrected chi connectivity index (χ4v) is 2.64. The predicted molar refractivity (Wildman–Crippen MR) is 75.3 cm³/mol. The van der Waals surface area contributed by atoms with Gasteiger partial charge in [-0.15, -0.1) is 0 Å². The minimum absolute atomic E-state index is 0.182. The molecule has 20 heavy (non-hydrogen) atoms. The number of aryl methyl sites for hydroxylation is 1. The first-order valence-corrected chi connectivity index (χ1v) is 6.94. The number of hydrogen-bond donors (Lipinski definition) is 2. The molecule has 1 aliphatic rings. The monoisotopic (exact) mass is 273 g/mol. The van der Waals surface area contributed by atoms with Crippen molar-refractivity contribution in [2.45, 2.75) is 32.6 Å². The van der Waals surface area contributed by atoms with Crippen LogP contribution in [0.15, 0.2) is 12.1 Å². The molecule has 1 aromatic heterocycles. The normalized spacial score (nSPS) is 22.0. The molecule has 5 nitrogen and oxygen atoms in total. The number of anilines is 1. The van der Waals surface area contributed by atoms with Crippen molar-refractivity contribution < 1.29 is 9.90 Å². The summed E-state index contributed by atoms with van der Waals surface area (Å²) in [5.41, 5.74) is 1.43. The van der Waals surface area contributed by atoms with Crippen molar-refractivity contribution in [2.75, 3.05) is 11.9 Å². The molecule has 2 rings (SSSR count). The summed E-state index contributed by atoms with van der Waals surface area (Å²) in [4.78, 5) is 15.2. The topological polar surface area (TPSA) is 86.0 Å². The fourth-order valence-electron chi connectivity index (χ4n) is 2.64. The summed E-state index contributed by atoms with van der Waals surface area (Å²) < 4.78 is 0. The van der Waals surface area contributed by atoms with Gasteiger partial charge in [0.05, 0.1) is 11.5 Å². The van der Waals surface area contributed by atoms with Crippen LogP contribution in [0.5, 0.6) is 0 Å². The van der Waals surface area contributed by atoms with Crippen molar-refractivity contribution in [2.24, 2.45) is 11.8 Å². The maximum absolute atomic E-state index is 10.9. The van der Waals surface area contributed by atoms with Gasteiger partial charge in [0.25, 0.3) is 0 Å².